The molecule has 0 spiro atoms. The Bertz CT molecular complexity index is 321. The van der Waals surface area contributed by atoms with E-state index in [1.54, 1.807) is 0 Å². The predicted molar refractivity (Wildman–Crippen MR) is 76.6 cm³/mol. The Hall–Kier alpha value is -0.870. The molecule has 0 bridgehead atoms. The molecule has 4 heteroatoms. The van der Waals surface area contributed by atoms with Gasteiger partial charge in [-0.25, -0.2) is 4.98 Å². The van der Waals surface area contributed by atoms with E-state index in [0.717, 1.165) is 32.6 Å². The monoisotopic (exact) mass is 252 g/mol. The molecule has 0 radical (unpaired) electrons. The Morgan fingerprint density at radius 3 is 2.89 bits per heavy atom. The number of aromatic nitrogens is 2. The highest BCUT2D eigenvalue weighted by Gasteiger charge is 2.06. The van der Waals surface area contributed by atoms with Crippen molar-refractivity contribution in [2.75, 3.05) is 20.1 Å². The molecule has 0 aliphatic heterocycles. The van der Waals surface area contributed by atoms with Crippen LogP contribution in [0.15, 0.2) is 12.5 Å². The van der Waals surface area contributed by atoms with Gasteiger partial charge < -0.3 is 14.8 Å². The number of rotatable bonds is 9. The van der Waals surface area contributed by atoms with Crippen LogP contribution in [0.4, 0.5) is 0 Å². The SMILES string of the molecule is CCCn1cncc1CNCCN(C)C(C)CC. The van der Waals surface area contributed by atoms with Gasteiger partial charge in [0.05, 0.1) is 12.0 Å². The van der Waals surface area contributed by atoms with Gasteiger partial charge in [-0.2, -0.15) is 0 Å². The summed E-state index contributed by atoms with van der Waals surface area (Å²) in [5.41, 5.74) is 1.28. The Kier molecular flexibility index (Phi) is 6.98. The number of aryl methyl sites for hydroxylation is 1. The molecule has 1 unspecified atom stereocenters. The molecule has 4 nitrogen and oxygen atoms in total. The number of hydrogen-bond donors (Lipinski definition) is 1. The number of likely N-dealkylation sites (N-methyl/N-ethyl adjacent to an activating group) is 1. The van der Waals surface area contributed by atoms with Crippen LogP contribution >= 0.6 is 0 Å². The lowest BCUT2D eigenvalue weighted by atomic mass is 10.2. The maximum atomic E-state index is 4.21. The van der Waals surface area contributed by atoms with E-state index in [1.165, 1.54) is 12.1 Å². The molecular weight excluding hydrogens is 224 g/mol. The van der Waals surface area contributed by atoms with E-state index < -0.39 is 0 Å². The quantitative estimate of drug-likeness (QED) is 0.683. The van der Waals surface area contributed by atoms with Gasteiger partial charge in [0.1, 0.15) is 0 Å². The van der Waals surface area contributed by atoms with Gasteiger partial charge in [-0.05, 0) is 26.8 Å². The van der Waals surface area contributed by atoms with E-state index in [1.807, 2.05) is 12.5 Å². The fourth-order valence-electron chi connectivity index (χ4n) is 1.94. The van der Waals surface area contributed by atoms with E-state index >= 15 is 0 Å². The van der Waals surface area contributed by atoms with Crippen LogP contribution in [-0.2, 0) is 13.1 Å². The lowest BCUT2D eigenvalue weighted by molar-refractivity contribution is 0.251. The average molecular weight is 252 g/mol. The molecule has 1 heterocycles. The van der Waals surface area contributed by atoms with Gasteiger partial charge in [0.15, 0.2) is 0 Å². The molecule has 0 fully saturated rings. The van der Waals surface area contributed by atoms with Crippen molar-refractivity contribution in [2.45, 2.75) is 52.7 Å². The van der Waals surface area contributed by atoms with Gasteiger partial charge in [0, 0.05) is 38.4 Å². The molecule has 1 atom stereocenters. The third kappa shape index (κ3) is 4.78. The molecule has 0 saturated heterocycles. The van der Waals surface area contributed by atoms with Crippen LogP contribution in [0.5, 0.6) is 0 Å². The Morgan fingerprint density at radius 2 is 2.22 bits per heavy atom. The first-order valence-electron chi connectivity index (χ1n) is 7.09. The van der Waals surface area contributed by atoms with E-state index in [4.69, 9.17) is 0 Å². The van der Waals surface area contributed by atoms with Crippen molar-refractivity contribution in [3.8, 4) is 0 Å². The second kappa shape index (κ2) is 8.27. The van der Waals surface area contributed by atoms with Crippen molar-refractivity contribution in [1.29, 1.82) is 0 Å². The molecule has 1 rings (SSSR count). The second-order valence-corrected chi connectivity index (χ2v) is 4.99. The molecule has 0 aromatic carbocycles. The van der Waals surface area contributed by atoms with E-state index in [0.29, 0.717) is 6.04 Å². The zero-order valence-electron chi connectivity index (χ0n) is 12.3. The average Bonchev–Trinajstić information content (AvgIpc) is 2.81. The van der Waals surface area contributed by atoms with Crippen molar-refractivity contribution < 1.29 is 0 Å². The molecule has 0 aliphatic carbocycles. The first-order chi connectivity index (χ1) is 8.69. The molecule has 18 heavy (non-hydrogen) atoms. The van der Waals surface area contributed by atoms with Crippen LogP contribution in [-0.4, -0.2) is 40.6 Å². The Labute approximate surface area is 111 Å². The smallest absolute Gasteiger partial charge is 0.0948 e. The normalized spacial score (nSPS) is 13.2. The topological polar surface area (TPSA) is 33.1 Å². The number of nitrogens with zero attached hydrogens (tertiary/aromatic N) is 3. The lowest BCUT2D eigenvalue weighted by Gasteiger charge is -2.23. The third-order valence-electron chi connectivity index (χ3n) is 3.55. The minimum Gasteiger partial charge on any atom is -0.333 e. The Morgan fingerprint density at radius 1 is 1.44 bits per heavy atom. The van der Waals surface area contributed by atoms with E-state index in [2.05, 4.69) is 47.6 Å². The van der Waals surface area contributed by atoms with Crippen LogP contribution in [0.1, 0.15) is 39.3 Å². The molecule has 0 saturated carbocycles. The van der Waals surface area contributed by atoms with Crippen molar-refractivity contribution in [3.63, 3.8) is 0 Å². The van der Waals surface area contributed by atoms with Crippen LogP contribution in [0, 0.1) is 0 Å². The first kappa shape index (κ1) is 15.2. The standard InChI is InChI=1S/C14H28N4/c1-5-8-18-12-16-11-14(18)10-15-7-9-17(4)13(3)6-2/h11-13,15H,5-10H2,1-4H3. The molecule has 1 aromatic rings. The zero-order valence-corrected chi connectivity index (χ0v) is 12.3. The highest BCUT2D eigenvalue weighted by atomic mass is 15.1. The van der Waals surface area contributed by atoms with E-state index in [9.17, 15) is 0 Å². The summed E-state index contributed by atoms with van der Waals surface area (Å²) in [6.45, 7) is 10.8. The molecule has 1 N–H and O–H groups in total. The molecule has 0 amide bonds. The number of hydrogen-bond acceptors (Lipinski definition) is 3. The predicted octanol–water partition coefficient (Wildman–Crippen LogP) is 2.11. The summed E-state index contributed by atoms with van der Waals surface area (Å²) >= 11 is 0. The summed E-state index contributed by atoms with van der Waals surface area (Å²) in [7, 11) is 2.19. The van der Waals surface area contributed by atoms with Gasteiger partial charge in [-0.15, -0.1) is 0 Å². The van der Waals surface area contributed by atoms with Crippen LogP contribution in [0.2, 0.25) is 0 Å². The summed E-state index contributed by atoms with van der Waals surface area (Å²) in [4.78, 5) is 6.61. The summed E-state index contributed by atoms with van der Waals surface area (Å²) in [6, 6.07) is 0.664. The number of imidazole rings is 1. The second-order valence-electron chi connectivity index (χ2n) is 4.99. The van der Waals surface area contributed by atoms with E-state index in [-0.39, 0.29) is 0 Å². The molecule has 1 aromatic heterocycles. The van der Waals surface area contributed by atoms with Crippen LogP contribution in [0.3, 0.4) is 0 Å². The summed E-state index contributed by atoms with van der Waals surface area (Å²) in [6.07, 6.45) is 6.24. The maximum Gasteiger partial charge on any atom is 0.0948 e. The first-order valence-corrected chi connectivity index (χ1v) is 7.09. The maximum absolute atomic E-state index is 4.21. The van der Waals surface area contributed by atoms with Crippen LogP contribution < -0.4 is 5.32 Å². The van der Waals surface area contributed by atoms with Crippen molar-refractivity contribution in [2.24, 2.45) is 0 Å². The van der Waals surface area contributed by atoms with Gasteiger partial charge >= 0.3 is 0 Å². The van der Waals surface area contributed by atoms with Crippen molar-refractivity contribution in [3.05, 3.63) is 18.2 Å². The van der Waals surface area contributed by atoms with Crippen molar-refractivity contribution in [1.82, 2.24) is 19.8 Å². The van der Waals surface area contributed by atoms with Gasteiger partial charge in [0.25, 0.3) is 0 Å². The zero-order chi connectivity index (χ0) is 13.4. The fourth-order valence-corrected chi connectivity index (χ4v) is 1.94. The molecular formula is C14H28N4. The Balaban J connectivity index is 2.23. The highest BCUT2D eigenvalue weighted by molar-refractivity contribution is 4.97. The summed E-state index contributed by atoms with van der Waals surface area (Å²) < 4.78 is 2.23. The third-order valence-corrected chi connectivity index (χ3v) is 3.55. The fraction of sp³-hybridized carbons (Fsp3) is 0.786. The van der Waals surface area contributed by atoms with Crippen molar-refractivity contribution >= 4 is 0 Å². The summed E-state index contributed by atoms with van der Waals surface area (Å²) in [5, 5.41) is 3.49. The van der Waals surface area contributed by atoms with Gasteiger partial charge in [-0.3, -0.25) is 0 Å². The minimum absolute atomic E-state index is 0.664. The number of nitrogens with one attached hydrogen (secondary N) is 1. The minimum atomic E-state index is 0.664. The van der Waals surface area contributed by atoms with Gasteiger partial charge in [0.2, 0.25) is 0 Å². The van der Waals surface area contributed by atoms with Gasteiger partial charge in [-0.1, -0.05) is 13.8 Å². The molecule has 0 aliphatic rings. The molecule has 104 valence electrons. The van der Waals surface area contributed by atoms with Crippen LogP contribution in [0.25, 0.3) is 0 Å². The largest absolute Gasteiger partial charge is 0.333 e. The lowest BCUT2D eigenvalue weighted by Crippen LogP contribution is -2.35. The highest BCUT2D eigenvalue weighted by Crippen LogP contribution is 2.01. The summed E-state index contributed by atoms with van der Waals surface area (Å²) in [5.74, 6) is 0.